The first-order valence-electron chi connectivity index (χ1n) is 4.20. The monoisotopic (exact) mass is 156 g/mol. The summed E-state index contributed by atoms with van der Waals surface area (Å²) < 4.78 is 0. The van der Waals surface area contributed by atoms with Crippen molar-refractivity contribution >= 4 is 5.91 Å². The van der Waals surface area contributed by atoms with Gasteiger partial charge < -0.3 is 10.2 Å². The van der Waals surface area contributed by atoms with E-state index < -0.39 is 0 Å². The lowest BCUT2D eigenvalue weighted by Crippen LogP contribution is -2.35. The summed E-state index contributed by atoms with van der Waals surface area (Å²) in [5.74, 6) is 0.172. The second kappa shape index (κ2) is 3.72. The van der Waals surface area contributed by atoms with Crippen LogP contribution in [0.4, 0.5) is 0 Å². The zero-order valence-electron chi connectivity index (χ0n) is 7.26. The van der Waals surface area contributed by atoms with E-state index in [9.17, 15) is 4.79 Å². The summed E-state index contributed by atoms with van der Waals surface area (Å²) in [6.07, 6.45) is 1.70. The molecule has 0 aromatic carbocycles. The van der Waals surface area contributed by atoms with E-state index in [2.05, 4.69) is 17.3 Å². The Labute approximate surface area is 67.8 Å². The lowest BCUT2D eigenvalue weighted by molar-refractivity contribution is -0.121. The Morgan fingerprint density at radius 3 is 2.91 bits per heavy atom. The van der Waals surface area contributed by atoms with Crippen LogP contribution in [0, 0.1) is 0 Å². The van der Waals surface area contributed by atoms with Gasteiger partial charge in [0.05, 0.1) is 0 Å². The van der Waals surface area contributed by atoms with Gasteiger partial charge in [-0.15, -0.1) is 0 Å². The van der Waals surface area contributed by atoms with Crippen molar-refractivity contribution < 1.29 is 4.79 Å². The number of carbonyl (C=O) groups is 1. The summed E-state index contributed by atoms with van der Waals surface area (Å²) in [5.41, 5.74) is 0. The molecule has 1 fully saturated rings. The third-order valence-electron chi connectivity index (χ3n) is 2.08. The van der Waals surface area contributed by atoms with Crippen LogP contribution >= 0.6 is 0 Å². The summed E-state index contributed by atoms with van der Waals surface area (Å²) in [7, 11) is 2.08. The SMILES string of the molecule is CCC(=O)N[C@@H]1CCN(C)C1. The molecule has 3 nitrogen and oxygen atoms in total. The topological polar surface area (TPSA) is 32.3 Å². The molecule has 0 bridgehead atoms. The normalized spacial score (nSPS) is 25.5. The van der Waals surface area contributed by atoms with Crippen LogP contribution in [-0.2, 0) is 4.79 Å². The molecule has 1 saturated heterocycles. The fraction of sp³-hybridized carbons (Fsp3) is 0.875. The lowest BCUT2D eigenvalue weighted by Gasteiger charge is -2.11. The van der Waals surface area contributed by atoms with Crippen molar-refractivity contribution in [1.29, 1.82) is 0 Å². The second-order valence-electron chi connectivity index (χ2n) is 3.17. The first kappa shape index (κ1) is 8.53. The highest BCUT2D eigenvalue weighted by Crippen LogP contribution is 2.05. The van der Waals surface area contributed by atoms with Gasteiger partial charge in [0.1, 0.15) is 0 Å². The summed E-state index contributed by atoms with van der Waals surface area (Å²) in [4.78, 5) is 13.2. The second-order valence-corrected chi connectivity index (χ2v) is 3.17. The van der Waals surface area contributed by atoms with Crippen molar-refractivity contribution in [1.82, 2.24) is 10.2 Å². The number of carbonyl (C=O) groups excluding carboxylic acids is 1. The average Bonchev–Trinajstić information content (AvgIpc) is 2.35. The first-order valence-corrected chi connectivity index (χ1v) is 4.20. The fourth-order valence-corrected chi connectivity index (χ4v) is 1.38. The minimum atomic E-state index is 0.172. The van der Waals surface area contributed by atoms with Crippen LogP contribution in [0.3, 0.4) is 0 Å². The molecular weight excluding hydrogens is 140 g/mol. The first-order chi connectivity index (χ1) is 5.22. The van der Waals surface area contributed by atoms with Crippen molar-refractivity contribution in [3.8, 4) is 0 Å². The number of nitrogens with zero attached hydrogens (tertiary/aromatic N) is 1. The molecule has 3 heteroatoms. The Morgan fingerprint density at radius 1 is 1.73 bits per heavy atom. The maximum atomic E-state index is 10.9. The maximum absolute atomic E-state index is 10.9. The van der Waals surface area contributed by atoms with E-state index in [0.717, 1.165) is 19.5 Å². The molecule has 0 aliphatic carbocycles. The van der Waals surface area contributed by atoms with Gasteiger partial charge in [0, 0.05) is 19.0 Å². The average molecular weight is 156 g/mol. The van der Waals surface area contributed by atoms with E-state index in [0.29, 0.717) is 12.5 Å². The van der Waals surface area contributed by atoms with Crippen LogP contribution in [0.5, 0.6) is 0 Å². The molecule has 1 aliphatic rings. The van der Waals surface area contributed by atoms with E-state index >= 15 is 0 Å². The molecule has 1 atom stereocenters. The van der Waals surface area contributed by atoms with Gasteiger partial charge in [0.25, 0.3) is 0 Å². The van der Waals surface area contributed by atoms with Gasteiger partial charge in [0.15, 0.2) is 0 Å². The zero-order valence-corrected chi connectivity index (χ0v) is 7.26. The predicted octanol–water partition coefficient (Wildman–Crippen LogP) is 0.217. The van der Waals surface area contributed by atoms with Gasteiger partial charge in [0.2, 0.25) is 5.91 Å². The Hall–Kier alpha value is -0.570. The molecule has 0 aromatic heterocycles. The van der Waals surface area contributed by atoms with Gasteiger partial charge >= 0.3 is 0 Å². The van der Waals surface area contributed by atoms with Gasteiger partial charge in [-0.2, -0.15) is 0 Å². The maximum Gasteiger partial charge on any atom is 0.219 e. The van der Waals surface area contributed by atoms with Crippen molar-refractivity contribution in [2.24, 2.45) is 0 Å². The number of nitrogens with one attached hydrogen (secondary N) is 1. The molecule has 1 heterocycles. The van der Waals surface area contributed by atoms with Crippen molar-refractivity contribution in [3.05, 3.63) is 0 Å². The molecule has 0 unspecified atom stereocenters. The van der Waals surface area contributed by atoms with E-state index in [1.165, 1.54) is 0 Å². The highest BCUT2D eigenvalue weighted by Gasteiger charge is 2.19. The molecule has 64 valence electrons. The molecule has 0 saturated carbocycles. The number of amides is 1. The third kappa shape index (κ3) is 2.50. The highest BCUT2D eigenvalue weighted by molar-refractivity contribution is 5.75. The standard InChI is InChI=1S/C8H16N2O/c1-3-8(11)9-7-4-5-10(2)6-7/h7H,3-6H2,1-2H3,(H,9,11)/t7-/m1/s1. The van der Waals surface area contributed by atoms with Crippen LogP contribution in [0.1, 0.15) is 19.8 Å². The molecule has 0 aromatic rings. The zero-order chi connectivity index (χ0) is 8.27. The van der Waals surface area contributed by atoms with Gasteiger partial charge in [-0.3, -0.25) is 4.79 Å². The van der Waals surface area contributed by atoms with Gasteiger partial charge in [-0.25, -0.2) is 0 Å². The molecule has 1 N–H and O–H groups in total. The Bertz CT molecular complexity index is 147. The van der Waals surface area contributed by atoms with Crippen molar-refractivity contribution in [2.45, 2.75) is 25.8 Å². The van der Waals surface area contributed by atoms with E-state index in [4.69, 9.17) is 0 Å². The summed E-state index contributed by atoms with van der Waals surface area (Å²) in [6.45, 7) is 3.99. The minimum absolute atomic E-state index is 0.172. The largest absolute Gasteiger partial charge is 0.352 e. The summed E-state index contributed by atoms with van der Waals surface area (Å²) >= 11 is 0. The van der Waals surface area contributed by atoms with Crippen LogP contribution in [0.2, 0.25) is 0 Å². The van der Waals surface area contributed by atoms with Crippen LogP contribution in [0.25, 0.3) is 0 Å². The van der Waals surface area contributed by atoms with Crippen molar-refractivity contribution in [2.75, 3.05) is 20.1 Å². The van der Waals surface area contributed by atoms with Crippen LogP contribution in [0.15, 0.2) is 0 Å². The third-order valence-corrected chi connectivity index (χ3v) is 2.08. The molecule has 11 heavy (non-hydrogen) atoms. The fourth-order valence-electron chi connectivity index (χ4n) is 1.38. The summed E-state index contributed by atoms with van der Waals surface area (Å²) in [6, 6.07) is 0.396. The molecule has 0 spiro atoms. The molecule has 1 aliphatic heterocycles. The number of hydrogen-bond donors (Lipinski definition) is 1. The van der Waals surface area contributed by atoms with Crippen LogP contribution in [-0.4, -0.2) is 37.0 Å². The predicted molar refractivity (Wildman–Crippen MR) is 44.3 cm³/mol. The van der Waals surface area contributed by atoms with E-state index in [-0.39, 0.29) is 5.91 Å². The lowest BCUT2D eigenvalue weighted by atomic mass is 10.2. The number of likely N-dealkylation sites (N-methyl/N-ethyl adjacent to an activating group) is 1. The smallest absolute Gasteiger partial charge is 0.219 e. The molecule has 0 radical (unpaired) electrons. The minimum Gasteiger partial charge on any atom is -0.352 e. The molecular formula is C8H16N2O. The quantitative estimate of drug-likeness (QED) is 0.620. The van der Waals surface area contributed by atoms with E-state index in [1.807, 2.05) is 6.92 Å². The number of hydrogen-bond acceptors (Lipinski definition) is 2. The van der Waals surface area contributed by atoms with Gasteiger partial charge in [-0.05, 0) is 20.0 Å². The Balaban J connectivity index is 2.23. The van der Waals surface area contributed by atoms with Crippen LogP contribution < -0.4 is 5.32 Å². The molecule has 1 amide bonds. The van der Waals surface area contributed by atoms with Crippen molar-refractivity contribution in [3.63, 3.8) is 0 Å². The Morgan fingerprint density at radius 2 is 2.45 bits per heavy atom. The van der Waals surface area contributed by atoms with E-state index in [1.54, 1.807) is 0 Å². The number of rotatable bonds is 2. The molecule has 1 rings (SSSR count). The highest BCUT2D eigenvalue weighted by atomic mass is 16.1. The van der Waals surface area contributed by atoms with Gasteiger partial charge in [-0.1, -0.05) is 6.92 Å². The number of likely N-dealkylation sites (tertiary alicyclic amines) is 1. The summed E-state index contributed by atoms with van der Waals surface area (Å²) in [5, 5.41) is 2.98. The Kier molecular flexibility index (Phi) is 2.88.